The fraction of sp³-hybridized carbons (Fsp3) is 0.286. The van der Waals surface area contributed by atoms with Crippen LogP contribution in [0, 0.1) is 0 Å². The van der Waals surface area contributed by atoms with E-state index in [1.54, 1.807) is 18.9 Å². The molecular formula is C14H19NOS. The van der Waals surface area contributed by atoms with E-state index in [0.29, 0.717) is 0 Å². The van der Waals surface area contributed by atoms with Crippen LogP contribution in [0.1, 0.15) is 26.3 Å². The molecule has 2 N–H and O–H groups in total. The lowest BCUT2D eigenvalue weighted by Crippen LogP contribution is -1.92. The molecule has 0 radical (unpaired) electrons. The van der Waals surface area contributed by atoms with E-state index in [-0.39, 0.29) is 0 Å². The Balaban J connectivity index is 2.78. The third kappa shape index (κ3) is 4.19. The van der Waals surface area contributed by atoms with Crippen molar-refractivity contribution in [2.24, 2.45) is 5.73 Å². The molecule has 0 saturated heterocycles. The van der Waals surface area contributed by atoms with E-state index < -0.39 is 0 Å². The summed E-state index contributed by atoms with van der Waals surface area (Å²) in [6, 6.07) is 8.01. The zero-order chi connectivity index (χ0) is 12.8. The van der Waals surface area contributed by atoms with Crippen molar-refractivity contribution in [1.82, 2.24) is 0 Å². The van der Waals surface area contributed by atoms with Gasteiger partial charge in [0.25, 0.3) is 0 Å². The number of methoxy groups -OCH3 is 1. The Labute approximate surface area is 108 Å². The Morgan fingerprint density at radius 3 is 2.24 bits per heavy atom. The summed E-state index contributed by atoms with van der Waals surface area (Å²) in [5.41, 5.74) is 9.39. The van der Waals surface area contributed by atoms with E-state index >= 15 is 0 Å². The van der Waals surface area contributed by atoms with Crippen molar-refractivity contribution < 1.29 is 4.74 Å². The highest BCUT2D eigenvalue weighted by Crippen LogP contribution is 2.24. The molecule has 0 fully saturated rings. The number of allylic oxidation sites excluding steroid dienone is 2. The van der Waals surface area contributed by atoms with E-state index in [0.717, 1.165) is 16.4 Å². The van der Waals surface area contributed by atoms with Gasteiger partial charge in [-0.15, -0.1) is 0 Å². The summed E-state index contributed by atoms with van der Waals surface area (Å²) in [5, 5.41) is 2.93. The third-order valence-corrected chi connectivity index (χ3v) is 3.53. The molecular weight excluding hydrogens is 230 g/mol. The normalized spacial score (nSPS) is 11.2. The van der Waals surface area contributed by atoms with Crippen molar-refractivity contribution in [2.45, 2.75) is 20.8 Å². The lowest BCUT2D eigenvalue weighted by atomic mass is 10.1. The van der Waals surface area contributed by atoms with Crippen molar-refractivity contribution >= 4 is 17.3 Å². The Morgan fingerprint density at radius 2 is 1.76 bits per heavy atom. The first-order chi connectivity index (χ1) is 8.04. The second-order valence-corrected chi connectivity index (χ2v) is 4.92. The number of nitrogens with two attached hydrogens (primary N) is 1. The molecule has 0 saturated carbocycles. The fourth-order valence-corrected chi connectivity index (χ4v) is 1.87. The van der Waals surface area contributed by atoms with E-state index in [2.05, 4.69) is 12.3 Å². The Hall–Kier alpha value is -1.35. The zero-order valence-electron chi connectivity index (χ0n) is 10.8. The molecule has 0 bridgehead atoms. The standard InChI is InChI=1S/C14H19NOS/c1-10(2)14(15)17-9-11(3)12-5-7-13(16-4)8-6-12/h5-9H,15H2,1-4H3/b11-9+. The Morgan fingerprint density at radius 1 is 1.18 bits per heavy atom. The number of benzene rings is 1. The van der Waals surface area contributed by atoms with Gasteiger partial charge in [-0.25, -0.2) is 0 Å². The van der Waals surface area contributed by atoms with Crippen LogP contribution in [0.3, 0.4) is 0 Å². The van der Waals surface area contributed by atoms with E-state index in [1.165, 1.54) is 11.1 Å². The lowest BCUT2D eigenvalue weighted by molar-refractivity contribution is 0.415. The average molecular weight is 249 g/mol. The minimum absolute atomic E-state index is 0.859. The van der Waals surface area contributed by atoms with Gasteiger partial charge in [0.2, 0.25) is 0 Å². The van der Waals surface area contributed by atoms with E-state index in [9.17, 15) is 0 Å². The van der Waals surface area contributed by atoms with Crippen LogP contribution in [0.4, 0.5) is 0 Å². The van der Waals surface area contributed by atoms with Crippen LogP contribution >= 0.6 is 11.8 Å². The number of hydrogen-bond acceptors (Lipinski definition) is 3. The molecule has 3 heteroatoms. The number of hydrogen-bond donors (Lipinski definition) is 1. The molecule has 0 heterocycles. The molecule has 0 amide bonds. The van der Waals surface area contributed by atoms with Crippen LogP contribution < -0.4 is 10.5 Å². The van der Waals surface area contributed by atoms with E-state index in [1.807, 2.05) is 38.1 Å². The molecule has 1 aromatic carbocycles. The maximum absolute atomic E-state index is 5.87. The van der Waals surface area contributed by atoms with Gasteiger partial charge in [-0.05, 0) is 55.0 Å². The number of thioether (sulfide) groups is 1. The summed E-state index contributed by atoms with van der Waals surface area (Å²) in [6.07, 6.45) is 0. The van der Waals surface area contributed by atoms with E-state index in [4.69, 9.17) is 10.5 Å². The topological polar surface area (TPSA) is 35.2 Å². The first kappa shape index (κ1) is 13.7. The molecule has 1 rings (SSSR count). The Kier molecular flexibility index (Phi) is 5.16. The third-order valence-electron chi connectivity index (χ3n) is 2.40. The summed E-state index contributed by atoms with van der Waals surface area (Å²) in [5.74, 6) is 0.873. The minimum Gasteiger partial charge on any atom is -0.497 e. The van der Waals surface area contributed by atoms with Crippen molar-refractivity contribution in [3.63, 3.8) is 0 Å². The molecule has 2 nitrogen and oxygen atoms in total. The maximum atomic E-state index is 5.87. The summed E-state index contributed by atoms with van der Waals surface area (Å²) >= 11 is 1.56. The van der Waals surface area contributed by atoms with Gasteiger partial charge in [-0.2, -0.15) is 0 Å². The first-order valence-corrected chi connectivity index (χ1v) is 6.33. The summed E-state index contributed by atoms with van der Waals surface area (Å²) in [4.78, 5) is 0. The quantitative estimate of drug-likeness (QED) is 0.876. The van der Waals surface area contributed by atoms with Crippen LogP contribution in [-0.2, 0) is 0 Å². The molecule has 0 spiro atoms. The number of rotatable bonds is 4. The van der Waals surface area contributed by atoms with Crippen LogP contribution in [-0.4, -0.2) is 7.11 Å². The van der Waals surface area contributed by atoms with Gasteiger partial charge in [0, 0.05) is 0 Å². The molecule has 92 valence electrons. The average Bonchev–Trinajstić information content (AvgIpc) is 2.35. The first-order valence-electron chi connectivity index (χ1n) is 5.45. The molecule has 0 aliphatic heterocycles. The highest BCUT2D eigenvalue weighted by molar-refractivity contribution is 8.05. The van der Waals surface area contributed by atoms with Gasteiger partial charge in [-0.1, -0.05) is 23.9 Å². The molecule has 0 aliphatic carbocycles. The molecule has 0 unspecified atom stereocenters. The smallest absolute Gasteiger partial charge is 0.118 e. The van der Waals surface area contributed by atoms with Gasteiger partial charge in [-0.3, -0.25) is 0 Å². The second kappa shape index (κ2) is 6.40. The molecule has 1 aromatic rings. The fourth-order valence-electron chi connectivity index (χ4n) is 1.19. The predicted molar refractivity (Wildman–Crippen MR) is 76.8 cm³/mol. The Bertz CT molecular complexity index is 428. The SMILES string of the molecule is COc1ccc(/C(C)=C/SC(N)=C(C)C)cc1. The predicted octanol–water partition coefficient (Wildman–Crippen LogP) is 4.00. The molecule has 0 aromatic heterocycles. The molecule has 17 heavy (non-hydrogen) atoms. The summed E-state index contributed by atoms with van der Waals surface area (Å²) in [6.45, 7) is 6.10. The minimum atomic E-state index is 0.859. The van der Waals surface area contributed by atoms with Crippen LogP contribution in [0.2, 0.25) is 0 Å². The van der Waals surface area contributed by atoms with Crippen LogP contribution in [0.25, 0.3) is 5.57 Å². The maximum Gasteiger partial charge on any atom is 0.118 e. The van der Waals surface area contributed by atoms with Crippen molar-refractivity contribution in [3.05, 3.63) is 45.8 Å². The summed E-state index contributed by atoms with van der Waals surface area (Å²) < 4.78 is 5.13. The van der Waals surface area contributed by atoms with Gasteiger partial charge in [0.1, 0.15) is 5.75 Å². The monoisotopic (exact) mass is 249 g/mol. The highest BCUT2D eigenvalue weighted by Gasteiger charge is 1.98. The lowest BCUT2D eigenvalue weighted by Gasteiger charge is -2.04. The largest absolute Gasteiger partial charge is 0.497 e. The number of ether oxygens (including phenoxy) is 1. The van der Waals surface area contributed by atoms with Crippen molar-refractivity contribution in [1.29, 1.82) is 0 Å². The van der Waals surface area contributed by atoms with Gasteiger partial charge >= 0.3 is 0 Å². The molecule has 0 atom stereocenters. The van der Waals surface area contributed by atoms with Gasteiger partial charge < -0.3 is 10.5 Å². The molecule has 0 aliphatic rings. The van der Waals surface area contributed by atoms with Gasteiger partial charge in [0.15, 0.2) is 0 Å². The zero-order valence-corrected chi connectivity index (χ0v) is 11.6. The van der Waals surface area contributed by atoms with Gasteiger partial charge in [0.05, 0.1) is 12.1 Å². The highest BCUT2D eigenvalue weighted by atomic mass is 32.2. The van der Waals surface area contributed by atoms with Crippen molar-refractivity contribution in [2.75, 3.05) is 7.11 Å². The van der Waals surface area contributed by atoms with Crippen LogP contribution in [0.15, 0.2) is 40.3 Å². The second-order valence-electron chi connectivity index (χ2n) is 4.01. The van der Waals surface area contributed by atoms with Crippen molar-refractivity contribution in [3.8, 4) is 5.75 Å². The van der Waals surface area contributed by atoms with Crippen LogP contribution in [0.5, 0.6) is 5.75 Å². The summed E-state index contributed by atoms with van der Waals surface area (Å²) in [7, 11) is 1.67.